The van der Waals surface area contributed by atoms with Crippen LogP contribution in [0.4, 0.5) is 0 Å². The van der Waals surface area contributed by atoms with Gasteiger partial charge in [-0.25, -0.2) is 0 Å². The van der Waals surface area contributed by atoms with Crippen molar-refractivity contribution in [2.75, 3.05) is 39.5 Å². The first-order valence-electron chi connectivity index (χ1n) is 9.43. The minimum absolute atomic E-state index is 0.0495. The number of amides is 1. The molecule has 0 aliphatic carbocycles. The van der Waals surface area contributed by atoms with E-state index in [1.54, 1.807) is 24.5 Å². The third-order valence-electron chi connectivity index (χ3n) is 5.95. The lowest BCUT2D eigenvalue weighted by atomic mass is 9.83. The number of pyridine rings is 1. The van der Waals surface area contributed by atoms with Gasteiger partial charge in [-0.15, -0.1) is 0 Å². The minimum Gasteiger partial charge on any atom is -0.381 e. The standard InChI is InChI=1S/C19H27N3O3/c23-19(14-1-6-20-7-2-14)21-11-18-17-12-22(8-3-15(17)13-25-18)16-4-9-24-10-5-16/h1-2,6-7,15-18H,3-5,8-13H2,(H,21,23)/t15-,17-,18+/m1/s1. The minimum atomic E-state index is -0.0495. The van der Waals surface area contributed by atoms with Gasteiger partial charge in [-0.1, -0.05) is 0 Å². The van der Waals surface area contributed by atoms with E-state index >= 15 is 0 Å². The number of likely N-dealkylation sites (tertiary alicyclic amines) is 1. The lowest BCUT2D eigenvalue weighted by molar-refractivity contribution is 0.00539. The molecule has 0 aromatic carbocycles. The Bertz CT molecular complexity index is 577. The predicted molar refractivity (Wildman–Crippen MR) is 93.3 cm³/mol. The van der Waals surface area contributed by atoms with Crippen LogP contribution < -0.4 is 5.32 Å². The van der Waals surface area contributed by atoms with Crippen molar-refractivity contribution in [3.05, 3.63) is 30.1 Å². The first-order chi connectivity index (χ1) is 12.3. The molecule has 3 aliphatic rings. The van der Waals surface area contributed by atoms with Crippen molar-refractivity contribution in [3.63, 3.8) is 0 Å². The highest BCUT2D eigenvalue weighted by atomic mass is 16.5. The Morgan fingerprint density at radius 1 is 1.24 bits per heavy atom. The number of carbonyl (C=O) groups is 1. The van der Waals surface area contributed by atoms with E-state index in [-0.39, 0.29) is 12.0 Å². The van der Waals surface area contributed by atoms with Gasteiger partial charge < -0.3 is 14.8 Å². The Morgan fingerprint density at radius 3 is 2.84 bits per heavy atom. The predicted octanol–water partition coefficient (Wildman–Crippen LogP) is 1.33. The van der Waals surface area contributed by atoms with Gasteiger partial charge in [-0.3, -0.25) is 14.7 Å². The molecular weight excluding hydrogens is 318 g/mol. The van der Waals surface area contributed by atoms with Gasteiger partial charge in [0.05, 0.1) is 12.7 Å². The lowest BCUT2D eigenvalue weighted by Crippen LogP contribution is -2.50. The fraction of sp³-hybridized carbons (Fsp3) is 0.684. The molecule has 1 aromatic rings. The van der Waals surface area contributed by atoms with Crippen molar-refractivity contribution >= 4 is 5.91 Å². The van der Waals surface area contributed by atoms with Gasteiger partial charge in [-0.05, 0) is 43.9 Å². The third-order valence-corrected chi connectivity index (χ3v) is 5.95. The van der Waals surface area contributed by atoms with E-state index < -0.39 is 0 Å². The van der Waals surface area contributed by atoms with Gasteiger partial charge in [0.1, 0.15) is 0 Å². The maximum atomic E-state index is 12.3. The van der Waals surface area contributed by atoms with E-state index in [1.807, 2.05) is 0 Å². The number of nitrogens with zero attached hydrogens (tertiary/aromatic N) is 2. The molecule has 3 fully saturated rings. The molecule has 3 saturated heterocycles. The van der Waals surface area contributed by atoms with Crippen LogP contribution in [0.5, 0.6) is 0 Å². The molecule has 4 rings (SSSR count). The van der Waals surface area contributed by atoms with Crippen molar-refractivity contribution < 1.29 is 14.3 Å². The molecule has 1 amide bonds. The van der Waals surface area contributed by atoms with E-state index in [2.05, 4.69) is 15.2 Å². The summed E-state index contributed by atoms with van der Waals surface area (Å²) in [5.41, 5.74) is 0.650. The van der Waals surface area contributed by atoms with Crippen LogP contribution in [0.2, 0.25) is 0 Å². The number of rotatable bonds is 4. The maximum absolute atomic E-state index is 12.3. The second-order valence-electron chi connectivity index (χ2n) is 7.37. The van der Waals surface area contributed by atoms with Crippen LogP contribution in [0.1, 0.15) is 29.6 Å². The molecule has 4 heterocycles. The van der Waals surface area contributed by atoms with Crippen LogP contribution in [0.25, 0.3) is 0 Å². The normalized spacial score (nSPS) is 30.8. The molecule has 136 valence electrons. The summed E-state index contributed by atoms with van der Waals surface area (Å²) in [6.07, 6.45) is 6.90. The molecule has 0 saturated carbocycles. The van der Waals surface area contributed by atoms with Crippen LogP contribution >= 0.6 is 0 Å². The Kier molecular flexibility index (Phi) is 5.29. The van der Waals surface area contributed by atoms with E-state index in [9.17, 15) is 4.79 Å². The average molecular weight is 345 g/mol. The SMILES string of the molecule is O=C(NC[C@@H]1OC[C@H]2CCN(C3CCOCC3)C[C@H]21)c1ccncc1. The zero-order valence-electron chi connectivity index (χ0n) is 14.6. The summed E-state index contributed by atoms with van der Waals surface area (Å²) in [5, 5.41) is 3.04. The second-order valence-corrected chi connectivity index (χ2v) is 7.37. The first kappa shape index (κ1) is 16.9. The number of carbonyl (C=O) groups excluding carboxylic acids is 1. The number of nitrogens with one attached hydrogen (secondary N) is 1. The van der Waals surface area contributed by atoms with Crippen LogP contribution in [0, 0.1) is 11.8 Å². The highest BCUT2D eigenvalue weighted by Crippen LogP contribution is 2.35. The molecule has 1 aromatic heterocycles. The molecule has 3 aliphatic heterocycles. The Morgan fingerprint density at radius 2 is 2.04 bits per heavy atom. The van der Waals surface area contributed by atoms with Crippen molar-refractivity contribution in [1.82, 2.24) is 15.2 Å². The third kappa shape index (κ3) is 3.86. The number of fused-ring (bicyclic) bond motifs is 1. The monoisotopic (exact) mass is 345 g/mol. The molecule has 25 heavy (non-hydrogen) atoms. The van der Waals surface area contributed by atoms with Crippen LogP contribution in [0.3, 0.4) is 0 Å². The summed E-state index contributed by atoms with van der Waals surface area (Å²) in [6.45, 7) is 5.46. The van der Waals surface area contributed by atoms with E-state index in [4.69, 9.17) is 9.47 Å². The summed E-state index contributed by atoms with van der Waals surface area (Å²) in [7, 11) is 0. The topological polar surface area (TPSA) is 63.7 Å². The number of ether oxygens (including phenoxy) is 2. The van der Waals surface area contributed by atoms with Crippen LogP contribution in [-0.4, -0.2) is 67.4 Å². The van der Waals surface area contributed by atoms with Crippen molar-refractivity contribution in [3.8, 4) is 0 Å². The maximum Gasteiger partial charge on any atom is 0.251 e. The smallest absolute Gasteiger partial charge is 0.251 e. The average Bonchev–Trinajstić information content (AvgIpc) is 3.10. The van der Waals surface area contributed by atoms with Crippen LogP contribution in [0.15, 0.2) is 24.5 Å². The molecule has 0 spiro atoms. The Hall–Kier alpha value is -1.50. The van der Waals surface area contributed by atoms with Crippen molar-refractivity contribution in [2.45, 2.75) is 31.4 Å². The Balaban J connectivity index is 1.32. The quantitative estimate of drug-likeness (QED) is 0.892. The molecular formula is C19H27N3O3. The fourth-order valence-corrected chi connectivity index (χ4v) is 4.45. The zero-order valence-corrected chi connectivity index (χ0v) is 14.6. The molecule has 6 heteroatoms. The van der Waals surface area contributed by atoms with E-state index in [0.717, 1.165) is 39.2 Å². The van der Waals surface area contributed by atoms with Crippen molar-refractivity contribution in [1.29, 1.82) is 0 Å². The highest BCUT2D eigenvalue weighted by molar-refractivity contribution is 5.93. The molecule has 0 bridgehead atoms. The molecule has 1 N–H and O–H groups in total. The second kappa shape index (κ2) is 7.81. The van der Waals surface area contributed by atoms with Gasteiger partial charge in [0.2, 0.25) is 0 Å². The van der Waals surface area contributed by atoms with E-state index in [0.29, 0.717) is 30.0 Å². The zero-order chi connectivity index (χ0) is 17.1. The lowest BCUT2D eigenvalue weighted by Gasteiger charge is -2.41. The summed E-state index contributed by atoms with van der Waals surface area (Å²) in [6, 6.07) is 4.13. The number of piperidine rings is 1. The summed E-state index contributed by atoms with van der Waals surface area (Å²) < 4.78 is 11.5. The highest BCUT2D eigenvalue weighted by Gasteiger charge is 2.42. The van der Waals surface area contributed by atoms with Gasteiger partial charge in [0.25, 0.3) is 5.91 Å². The fourth-order valence-electron chi connectivity index (χ4n) is 4.45. The van der Waals surface area contributed by atoms with Gasteiger partial charge in [-0.2, -0.15) is 0 Å². The molecule has 0 radical (unpaired) electrons. The summed E-state index contributed by atoms with van der Waals surface area (Å²) in [4.78, 5) is 18.8. The molecule has 3 atom stereocenters. The van der Waals surface area contributed by atoms with Gasteiger partial charge >= 0.3 is 0 Å². The van der Waals surface area contributed by atoms with E-state index in [1.165, 1.54) is 13.0 Å². The van der Waals surface area contributed by atoms with Crippen LogP contribution in [-0.2, 0) is 9.47 Å². The summed E-state index contributed by atoms with van der Waals surface area (Å²) in [5.74, 6) is 1.11. The number of hydrogen-bond donors (Lipinski definition) is 1. The number of hydrogen-bond acceptors (Lipinski definition) is 5. The molecule has 0 unspecified atom stereocenters. The largest absolute Gasteiger partial charge is 0.381 e. The Labute approximate surface area is 148 Å². The van der Waals surface area contributed by atoms with Gasteiger partial charge in [0, 0.05) is 56.2 Å². The summed E-state index contributed by atoms with van der Waals surface area (Å²) >= 11 is 0. The number of aromatic nitrogens is 1. The van der Waals surface area contributed by atoms with Gasteiger partial charge in [0.15, 0.2) is 0 Å². The van der Waals surface area contributed by atoms with Crippen molar-refractivity contribution in [2.24, 2.45) is 11.8 Å². The first-order valence-corrected chi connectivity index (χ1v) is 9.43. The molecule has 6 nitrogen and oxygen atoms in total.